The molecule has 152 valence electrons. The molecule has 0 radical (unpaired) electrons. The zero-order valence-electron chi connectivity index (χ0n) is 17.9. The van der Waals surface area contributed by atoms with E-state index in [-0.39, 0.29) is 11.2 Å². The van der Waals surface area contributed by atoms with Crippen LogP contribution in [0.1, 0.15) is 94.6 Å². The van der Waals surface area contributed by atoms with Crippen molar-refractivity contribution < 1.29 is 4.79 Å². The van der Waals surface area contributed by atoms with Crippen molar-refractivity contribution in [2.75, 3.05) is 11.9 Å². The molecule has 28 heavy (non-hydrogen) atoms. The third-order valence-electron chi connectivity index (χ3n) is 5.86. The van der Waals surface area contributed by atoms with Crippen LogP contribution in [-0.2, 0) is 6.42 Å². The van der Waals surface area contributed by atoms with Gasteiger partial charge in [0.1, 0.15) is 0 Å². The average molecular weight is 381 g/mol. The van der Waals surface area contributed by atoms with Crippen molar-refractivity contribution in [2.45, 2.75) is 85.0 Å². The van der Waals surface area contributed by atoms with E-state index >= 15 is 0 Å². The highest BCUT2D eigenvalue weighted by molar-refractivity contribution is 6.10. The van der Waals surface area contributed by atoms with Gasteiger partial charge in [0.15, 0.2) is 5.78 Å². The summed E-state index contributed by atoms with van der Waals surface area (Å²) >= 11 is 0. The van der Waals surface area contributed by atoms with Gasteiger partial charge in [0.25, 0.3) is 0 Å². The average Bonchev–Trinajstić information content (AvgIpc) is 2.64. The quantitative estimate of drug-likeness (QED) is 0.454. The molecule has 1 aromatic heterocycles. The van der Waals surface area contributed by atoms with Crippen LogP contribution in [0.3, 0.4) is 0 Å². The van der Waals surface area contributed by atoms with Crippen molar-refractivity contribution in [1.82, 2.24) is 4.98 Å². The third kappa shape index (κ3) is 5.12. The smallest absolute Gasteiger partial charge is 0.167 e. The number of pyridine rings is 1. The molecule has 1 heterocycles. The number of nitrogens with one attached hydrogen (secondary N) is 1. The number of hydrogen-bond acceptors (Lipinski definition) is 3. The number of Topliss-reactive ketones (excluding diaryl/α,β-unsaturated/α-hetero) is 1. The van der Waals surface area contributed by atoms with Gasteiger partial charge in [-0.05, 0) is 24.3 Å². The van der Waals surface area contributed by atoms with Crippen LogP contribution in [0, 0.1) is 5.41 Å². The number of carbonyl (C=O) groups is 1. The summed E-state index contributed by atoms with van der Waals surface area (Å²) in [5, 5.41) is 4.70. The Morgan fingerprint density at radius 3 is 2.39 bits per heavy atom. The Kier molecular flexibility index (Phi) is 7.09. The van der Waals surface area contributed by atoms with Gasteiger partial charge in [0, 0.05) is 18.4 Å². The first-order valence-corrected chi connectivity index (χ1v) is 11.2. The molecule has 0 saturated heterocycles. The van der Waals surface area contributed by atoms with E-state index in [0.717, 1.165) is 47.2 Å². The van der Waals surface area contributed by atoms with Gasteiger partial charge in [-0.1, -0.05) is 83.9 Å². The zero-order valence-corrected chi connectivity index (χ0v) is 17.9. The minimum Gasteiger partial charge on any atom is -0.384 e. The molecule has 3 rings (SSSR count). The van der Waals surface area contributed by atoms with Crippen molar-refractivity contribution >= 4 is 22.4 Å². The molecule has 2 aromatic rings. The fourth-order valence-electron chi connectivity index (χ4n) is 4.39. The maximum Gasteiger partial charge on any atom is 0.167 e. The summed E-state index contributed by atoms with van der Waals surface area (Å²) in [5.74, 6) is 0.239. The third-order valence-corrected chi connectivity index (χ3v) is 5.86. The molecule has 3 heteroatoms. The Balaban J connectivity index is 1.67. The lowest BCUT2D eigenvalue weighted by atomic mass is 9.75. The monoisotopic (exact) mass is 380 g/mol. The summed E-state index contributed by atoms with van der Waals surface area (Å²) < 4.78 is 0. The molecule has 1 aromatic carbocycles. The maximum absolute atomic E-state index is 12.9. The van der Waals surface area contributed by atoms with Gasteiger partial charge in [0.2, 0.25) is 0 Å². The Labute approximate surface area is 170 Å². The van der Waals surface area contributed by atoms with Crippen molar-refractivity contribution in [3.8, 4) is 0 Å². The van der Waals surface area contributed by atoms with Gasteiger partial charge in [-0.2, -0.15) is 0 Å². The molecule has 0 atom stereocenters. The van der Waals surface area contributed by atoms with Gasteiger partial charge < -0.3 is 5.32 Å². The lowest BCUT2D eigenvalue weighted by molar-refractivity contribution is 0.0911. The molecule has 3 nitrogen and oxygen atoms in total. The number of carbonyl (C=O) groups excluding carboxylic acids is 1. The second kappa shape index (κ2) is 9.54. The number of ketones is 1. The highest BCUT2D eigenvalue weighted by atomic mass is 16.1. The van der Waals surface area contributed by atoms with E-state index in [1.807, 2.05) is 12.1 Å². The number of benzene rings is 1. The Morgan fingerprint density at radius 1 is 0.964 bits per heavy atom. The highest BCUT2D eigenvalue weighted by Crippen LogP contribution is 2.39. The summed E-state index contributed by atoms with van der Waals surface area (Å²) in [5.41, 5.74) is 3.82. The number of hydrogen-bond donors (Lipinski definition) is 1. The van der Waals surface area contributed by atoms with Crippen LogP contribution in [0.5, 0.6) is 0 Å². The van der Waals surface area contributed by atoms with Crippen LogP contribution >= 0.6 is 0 Å². The van der Waals surface area contributed by atoms with Crippen molar-refractivity contribution in [1.29, 1.82) is 0 Å². The fraction of sp³-hybridized carbons (Fsp3) is 0.600. The number of para-hydroxylation sites is 1. The second-order valence-electron chi connectivity index (χ2n) is 9.17. The summed E-state index contributed by atoms with van der Waals surface area (Å²) in [4.78, 5) is 17.8. The summed E-state index contributed by atoms with van der Waals surface area (Å²) in [7, 11) is 0. The molecule has 1 aliphatic rings. The molecule has 0 aliphatic heterocycles. The Morgan fingerprint density at radius 2 is 1.64 bits per heavy atom. The molecular weight excluding hydrogens is 344 g/mol. The van der Waals surface area contributed by atoms with Gasteiger partial charge in [-0.3, -0.25) is 9.78 Å². The highest BCUT2D eigenvalue weighted by Gasteiger charge is 2.34. The SMILES string of the molecule is CCCCCCCCCCNc1c2c(nc3ccccc13)CC(C)(C)CC2=O. The van der Waals surface area contributed by atoms with Crippen LogP contribution in [0.15, 0.2) is 24.3 Å². The van der Waals surface area contributed by atoms with Crippen molar-refractivity contribution in [3.05, 3.63) is 35.5 Å². The standard InChI is InChI=1S/C25H36N2O/c1-4-5-6-7-8-9-10-13-16-26-24-19-14-11-12-15-20(19)27-21-17-25(2,3)18-22(28)23(21)24/h11-12,14-15H,4-10,13,16-18H2,1-3H3,(H,26,27). The van der Waals surface area contributed by atoms with Crippen LogP contribution < -0.4 is 5.32 Å². The fourth-order valence-corrected chi connectivity index (χ4v) is 4.39. The number of unbranched alkanes of at least 4 members (excludes halogenated alkanes) is 7. The van der Waals surface area contributed by atoms with Gasteiger partial charge in [0.05, 0.1) is 22.5 Å². The normalized spacial score (nSPS) is 15.6. The van der Waals surface area contributed by atoms with Gasteiger partial charge in [-0.25, -0.2) is 0 Å². The minimum atomic E-state index is -0.00537. The van der Waals surface area contributed by atoms with E-state index in [9.17, 15) is 4.79 Å². The lowest BCUT2D eigenvalue weighted by Crippen LogP contribution is -2.29. The van der Waals surface area contributed by atoms with Crippen LogP contribution in [0.25, 0.3) is 10.9 Å². The first kappa shape index (κ1) is 20.8. The van der Waals surface area contributed by atoms with Crippen molar-refractivity contribution in [3.63, 3.8) is 0 Å². The first-order chi connectivity index (χ1) is 13.5. The van der Waals surface area contributed by atoms with E-state index in [0.29, 0.717) is 6.42 Å². The topological polar surface area (TPSA) is 42.0 Å². The number of fused-ring (bicyclic) bond motifs is 2. The van der Waals surface area contributed by atoms with Gasteiger partial charge in [-0.15, -0.1) is 0 Å². The summed E-state index contributed by atoms with van der Waals surface area (Å²) in [6.07, 6.45) is 12.0. The van der Waals surface area contributed by atoms with Crippen LogP contribution in [0.2, 0.25) is 0 Å². The molecule has 0 spiro atoms. The molecule has 0 unspecified atom stereocenters. The molecule has 0 saturated carbocycles. The largest absolute Gasteiger partial charge is 0.384 e. The number of aromatic nitrogens is 1. The molecule has 1 aliphatic carbocycles. The van der Waals surface area contributed by atoms with E-state index in [1.165, 1.54) is 44.9 Å². The predicted molar refractivity (Wildman–Crippen MR) is 119 cm³/mol. The van der Waals surface area contributed by atoms with E-state index in [2.05, 4.69) is 38.2 Å². The first-order valence-electron chi connectivity index (χ1n) is 11.2. The number of anilines is 1. The molecule has 1 N–H and O–H groups in total. The summed E-state index contributed by atoms with van der Waals surface area (Å²) in [6, 6.07) is 8.21. The predicted octanol–water partition coefficient (Wildman–Crippen LogP) is 6.94. The molecule has 0 fully saturated rings. The van der Waals surface area contributed by atoms with E-state index in [4.69, 9.17) is 4.98 Å². The number of rotatable bonds is 10. The molecule has 0 amide bonds. The maximum atomic E-state index is 12.9. The lowest BCUT2D eigenvalue weighted by Gasteiger charge is -2.31. The zero-order chi connectivity index (χ0) is 20.0. The second-order valence-corrected chi connectivity index (χ2v) is 9.17. The molecule has 0 bridgehead atoms. The van der Waals surface area contributed by atoms with E-state index < -0.39 is 0 Å². The Bertz CT molecular complexity index is 810. The van der Waals surface area contributed by atoms with Crippen LogP contribution in [0.4, 0.5) is 5.69 Å². The van der Waals surface area contributed by atoms with E-state index in [1.54, 1.807) is 0 Å². The van der Waals surface area contributed by atoms with Gasteiger partial charge >= 0.3 is 0 Å². The van der Waals surface area contributed by atoms with Crippen molar-refractivity contribution in [2.24, 2.45) is 5.41 Å². The summed E-state index contributed by atoms with van der Waals surface area (Å²) in [6.45, 7) is 7.52. The molecular formula is C25H36N2O. The number of nitrogens with zero attached hydrogens (tertiary/aromatic N) is 1. The van der Waals surface area contributed by atoms with Crippen LogP contribution in [-0.4, -0.2) is 17.3 Å². The Hall–Kier alpha value is -1.90. The minimum absolute atomic E-state index is 0.00537.